The van der Waals surface area contributed by atoms with Crippen LogP contribution >= 0.6 is 0 Å². The molecule has 0 N–H and O–H groups in total. The zero-order valence-corrected chi connectivity index (χ0v) is 10.5. The van der Waals surface area contributed by atoms with Crippen molar-refractivity contribution in [3.05, 3.63) is 29.6 Å². The summed E-state index contributed by atoms with van der Waals surface area (Å²) in [5.41, 5.74) is -0.268. The van der Waals surface area contributed by atoms with Crippen molar-refractivity contribution in [2.24, 2.45) is 0 Å². The molecule has 0 saturated heterocycles. The van der Waals surface area contributed by atoms with E-state index in [9.17, 15) is 12.8 Å². The van der Waals surface area contributed by atoms with Crippen LogP contribution in [0.15, 0.2) is 23.1 Å². The highest BCUT2D eigenvalue weighted by molar-refractivity contribution is 7.89. The van der Waals surface area contributed by atoms with Crippen molar-refractivity contribution in [3.63, 3.8) is 0 Å². The molecule has 0 heterocycles. The molecule has 1 aromatic rings. The van der Waals surface area contributed by atoms with Crippen LogP contribution in [0.3, 0.4) is 0 Å². The molecule has 0 saturated carbocycles. The summed E-state index contributed by atoms with van der Waals surface area (Å²) in [6.45, 7) is 2.24. The minimum Gasteiger partial charge on any atom is -0.207 e. The van der Waals surface area contributed by atoms with E-state index in [1.165, 1.54) is 11.4 Å². The SMILES string of the molecule is CCCN(C)S(=O)(=O)c1ccc(F)c(C#N)c1. The first kappa shape index (κ1) is 13.6. The molecule has 0 fully saturated rings. The molecular formula is C11H13FN2O2S. The molecule has 4 nitrogen and oxygen atoms in total. The first-order valence-corrected chi connectivity index (χ1v) is 6.53. The van der Waals surface area contributed by atoms with Gasteiger partial charge < -0.3 is 0 Å². The van der Waals surface area contributed by atoms with Gasteiger partial charge in [0.1, 0.15) is 11.9 Å². The van der Waals surface area contributed by atoms with Gasteiger partial charge in [0.25, 0.3) is 0 Å². The highest BCUT2D eigenvalue weighted by atomic mass is 32.2. The molecule has 0 bridgehead atoms. The summed E-state index contributed by atoms with van der Waals surface area (Å²) in [6.07, 6.45) is 0.683. The van der Waals surface area contributed by atoms with Crippen LogP contribution in [-0.4, -0.2) is 26.3 Å². The highest BCUT2D eigenvalue weighted by Crippen LogP contribution is 2.17. The third-order valence-electron chi connectivity index (χ3n) is 2.30. The Labute approximate surface area is 100 Å². The molecule has 0 unspecified atom stereocenters. The Morgan fingerprint density at radius 2 is 2.12 bits per heavy atom. The van der Waals surface area contributed by atoms with E-state index in [0.717, 1.165) is 18.2 Å². The van der Waals surface area contributed by atoms with Gasteiger partial charge in [-0.25, -0.2) is 17.1 Å². The maximum Gasteiger partial charge on any atom is 0.242 e. The van der Waals surface area contributed by atoms with Crippen LogP contribution in [0.2, 0.25) is 0 Å². The molecule has 0 aliphatic heterocycles. The van der Waals surface area contributed by atoms with Crippen molar-refractivity contribution in [2.45, 2.75) is 18.2 Å². The number of sulfonamides is 1. The Balaban J connectivity index is 3.21. The number of nitrogens with zero attached hydrogens (tertiary/aromatic N) is 2. The lowest BCUT2D eigenvalue weighted by Gasteiger charge is -2.16. The number of benzene rings is 1. The van der Waals surface area contributed by atoms with Gasteiger partial charge in [0, 0.05) is 13.6 Å². The van der Waals surface area contributed by atoms with Crippen molar-refractivity contribution >= 4 is 10.0 Å². The zero-order chi connectivity index (χ0) is 13.1. The predicted octanol–water partition coefficient (Wildman–Crippen LogP) is 1.73. The van der Waals surface area contributed by atoms with E-state index >= 15 is 0 Å². The number of hydrogen-bond acceptors (Lipinski definition) is 3. The van der Waals surface area contributed by atoms with Gasteiger partial charge in [0.15, 0.2) is 0 Å². The Bertz CT molecular complexity index is 549. The van der Waals surface area contributed by atoms with Crippen LogP contribution in [0.25, 0.3) is 0 Å². The van der Waals surface area contributed by atoms with Crippen molar-refractivity contribution in [3.8, 4) is 6.07 Å². The molecule has 0 spiro atoms. The molecule has 0 aliphatic rings. The molecule has 0 amide bonds. The summed E-state index contributed by atoms with van der Waals surface area (Å²) < 4.78 is 38.2. The van der Waals surface area contributed by atoms with Gasteiger partial charge in [-0.15, -0.1) is 0 Å². The summed E-state index contributed by atoms with van der Waals surface area (Å²) in [5, 5.41) is 8.65. The number of halogens is 1. The lowest BCUT2D eigenvalue weighted by molar-refractivity contribution is 0.468. The second kappa shape index (κ2) is 5.25. The van der Waals surface area contributed by atoms with E-state index in [2.05, 4.69) is 0 Å². The molecule has 0 atom stereocenters. The van der Waals surface area contributed by atoms with Crippen LogP contribution in [0.1, 0.15) is 18.9 Å². The van der Waals surface area contributed by atoms with E-state index in [0.29, 0.717) is 13.0 Å². The lowest BCUT2D eigenvalue weighted by atomic mass is 10.2. The van der Waals surface area contributed by atoms with Gasteiger partial charge >= 0.3 is 0 Å². The molecule has 17 heavy (non-hydrogen) atoms. The number of hydrogen-bond donors (Lipinski definition) is 0. The first-order valence-electron chi connectivity index (χ1n) is 5.09. The largest absolute Gasteiger partial charge is 0.242 e. The van der Waals surface area contributed by atoms with Gasteiger partial charge in [-0.2, -0.15) is 5.26 Å². The fraction of sp³-hybridized carbons (Fsp3) is 0.364. The molecular weight excluding hydrogens is 243 g/mol. The number of nitriles is 1. The van der Waals surface area contributed by atoms with E-state index in [1.54, 1.807) is 6.07 Å². The quantitative estimate of drug-likeness (QED) is 0.824. The third kappa shape index (κ3) is 2.81. The van der Waals surface area contributed by atoms with Crippen molar-refractivity contribution in [2.75, 3.05) is 13.6 Å². The van der Waals surface area contributed by atoms with Crippen LogP contribution < -0.4 is 0 Å². The number of rotatable bonds is 4. The van der Waals surface area contributed by atoms with E-state index < -0.39 is 15.8 Å². The highest BCUT2D eigenvalue weighted by Gasteiger charge is 2.21. The Morgan fingerprint density at radius 1 is 1.47 bits per heavy atom. The molecule has 0 aliphatic carbocycles. The second-order valence-electron chi connectivity index (χ2n) is 3.58. The zero-order valence-electron chi connectivity index (χ0n) is 9.64. The molecule has 92 valence electrons. The summed E-state index contributed by atoms with van der Waals surface area (Å²) in [6, 6.07) is 4.83. The maximum absolute atomic E-state index is 13.1. The maximum atomic E-state index is 13.1. The van der Waals surface area contributed by atoms with Crippen LogP contribution in [0.4, 0.5) is 4.39 Å². The Morgan fingerprint density at radius 3 is 2.65 bits per heavy atom. The smallest absolute Gasteiger partial charge is 0.207 e. The van der Waals surface area contributed by atoms with Gasteiger partial charge in [-0.05, 0) is 24.6 Å². The topological polar surface area (TPSA) is 61.2 Å². The van der Waals surface area contributed by atoms with Crippen LogP contribution in [0.5, 0.6) is 0 Å². The fourth-order valence-corrected chi connectivity index (χ4v) is 2.66. The first-order chi connectivity index (χ1) is 7.93. The molecule has 0 aromatic heterocycles. The van der Waals surface area contributed by atoms with Crippen molar-refractivity contribution in [1.29, 1.82) is 5.26 Å². The van der Waals surface area contributed by atoms with Crippen LogP contribution in [0, 0.1) is 17.1 Å². The average Bonchev–Trinajstić information content (AvgIpc) is 2.29. The standard InChI is InChI=1S/C11H13FN2O2S/c1-3-6-14(2)17(15,16)10-4-5-11(12)9(7-10)8-13/h4-5,7H,3,6H2,1-2H3. The normalized spacial score (nSPS) is 11.5. The van der Waals surface area contributed by atoms with Gasteiger partial charge in [0.05, 0.1) is 10.5 Å². The predicted molar refractivity (Wildman–Crippen MR) is 61.2 cm³/mol. The van der Waals surface area contributed by atoms with Crippen molar-refractivity contribution < 1.29 is 12.8 Å². The van der Waals surface area contributed by atoms with Crippen LogP contribution in [-0.2, 0) is 10.0 Å². The molecule has 6 heteroatoms. The second-order valence-corrected chi connectivity index (χ2v) is 5.62. The summed E-state index contributed by atoms with van der Waals surface area (Å²) in [5.74, 6) is -0.718. The molecule has 1 rings (SSSR count). The third-order valence-corrected chi connectivity index (χ3v) is 4.16. The van der Waals surface area contributed by atoms with Gasteiger partial charge in [0.2, 0.25) is 10.0 Å². The monoisotopic (exact) mass is 256 g/mol. The van der Waals surface area contributed by atoms with E-state index in [1.807, 2.05) is 6.92 Å². The van der Waals surface area contributed by atoms with E-state index in [-0.39, 0.29) is 10.5 Å². The van der Waals surface area contributed by atoms with Gasteiger partial charge in [-0.3, -0.25) is 0 Å². The van der Waals surface area contributed by atoms with Crippen molar-refractivity contribution in [1.82, 2.24) is 4.31 Å². The minimum absolute atomic E-state index is 0.0635. The molecule has 1 aromatic carbocycles. The summed E-state index contributed by atoms with van der Waals surface area (Å²) in [4.78, 5) is -0.0635. The fourth-order valence-electron chi connectivity index (χ4n) is 1.37. The van der Waals surface area contributed by atoms with E-state index in [4.69, 9.17) is 5.26 Å². The summed E-state index contributed by atoms with van der Waals surface area (Å²) in [7, 11) is -2.18. The Hall–Kier alpha value is -1.45. The summed E-state index contributed by atoms with van der Waals surface area (Å²) >= 11 is 0. The van der Waals surface area contributed by atoms with Gasteiger partial charge in [-0.1, -0.05) is 6.92 Å². The lowest BCUT2D eigenvalue weighted by Crippen LogP contribution is -2.27. The molecule has 0 radical (unpaired) electrons. The average molecular weight is 256 g/mol. The minimum atomic E-state index is -3.63. The Kier molecular flexibility index (Phi) is 4.21.